The largest absolute Gasteiger partial charge is 0.495 e. The van der Waals surface area contributed by atoms with Crippen LogP contribution in [0.1, 0.15) is 15.9 Å². The van der Waals surface area contributed by atoms with Gasteiger partial charge in [0.15, 0.2) is 0 Å². The maximum absolute atomic E-state index is 11.2. The molecule has 21 heavy (non-hydrogen) atoms. The lowest BCUT2D eigenvalue weighted by molar-refractivity contribution is 0.100. The van der Waals surface area contributed by atoms with Crippen molar-refractivity contribution in [2.75, 3.05) is 12.4 Å². The van der Waals surface area contributed by atoms with Crippen LogP contribution in [0.3, 0.4) is 0 Å². The van der Waals surface area contributed by atoms with E-state index in [-0.39, 0.29) is 0 Å². The van der Waals surface area contributed by atoms with E-state index < -0.39 is 5.91 Å². The number of nitrogens with one attached hydrogen (secondary N) is 1. The number of rotatable bonds is 5. The van der Waals surface area contributed by atoms with Crippen molar-refractivity contribution in [3.05, 3.63) is 57.6 Å². The average molecular weight is 325 g/mol. The minimum absolute atomic E-state index is 0.398. The maximum atomic E-state index is 11.2. The molecule has 0 aliphatic carbocycles. The lowest BCUT2D eigenvalue weighted by atomic mass is 10.1. The van der Waals surface area contributed by atoms with Gasteiger partial charge in [-0.05, 0) is 35.9 Å². The number of halogens is 2. The normalized spacial score (nSPS) is 10.2. The predicted octanol–water partition coefficient (Wildman–Crippen LogP) is 3.71. The molecule has 0 atom stereocenters. The molecule has 0 saturated carbocycles. The molecule has 0 unspecified atom stereocenters. The van der Waals surface area contributed by atoms with Crippen molar-refractivity contribution in [2.24, 2.45) is 5.73 Å². The van der Waals surface area contributed by atoms with Crippen LogP contribution in [0.25, 0.3) is 0 Å². The fourth-order valence-corrected chi connectivity index (χ4v) is 2.30. The van der Waals surface area contributed by atoms with Crippen LogP contribution < -0.4 is 15.8 Å². The first kappa shape index (κ1) is 15.5. The summed E-state index contributed by atoms with van der Waals surface area (Å²) in [7, 11) is 1.56. The van der Waals surface area contributed by atoms with Gasteiger partial charge in [-0.3, -0.25) is 4.79 Å². The minimum Gasteiger partial charge on any atom is -0.495 e. The van der Waals surface area contributed by atoms with E-state index in [2.05, 4.69) is 5.32 Å². The SMILES string of the molecule is COc1ccc(CNc2cc(C(N)=O)ccc2Cl)cc1Cl. The Labute approximate surface area is 132 Å². The van der Waals surface area contributed by atoms with Gasteiger partial charge in [0.05, 0.1) is 22.8 Å². The highest BCUT2D eigenvalue weighted by atomic mass is 35.5. The van der Waals surface area contributed by atoms with E-state index in [0.717, 1.165) is 5.56 Å². The lowest BCUT2D eigenvalue weighted by Crippen LogP contribution is -2.11. The number of amides is 1. The number of hydrogen-bond acceptors (Lipinski definition) is 3. The van der Waals surface area contributed by atoms with E-state index in [1.165, 1.54) is 0 Å². The van der Waals surface area contributed by atoms with E-state index in [9.17, 15) is 4.79 Å². The molecule has 0 spiro atoms. The Balaban J connectivity index is 2.14. The van der Waals surface area contributed by atoms with Crippen LogP contribution in [0.4, 0.5) is 5.69 Å². The number of benzene rings is 2. The summed E-state index contributed by atoms with van der Waals surface area (Å²) in [5.41, 5.74) is 7.25. The van der Waals surface area contributed by atoms with Crippen LogP contribution in [0.15, 0.2) is 36.4 Å². The summed E-state index contributed by atoms with van der Waals surface area (Å²) in [6, 6.07) is 10.3. The van der Waals surface area contributed by atoms with Gasteiger partial charge in [0.1, 0.15) is 5.75 Å². The second-order valence-corrected chi connectivity index (χ2v) is 5.20. The second-order valence-electron chi connectivity index (χ2n) is 4.38. The summed E-state index contributed by atoms with van der Waals surface area (Å²) in [5, 5.41) is 4.20. The second kappa shape index (κ2) is 6.70. The molecular weight excluding hydrogens is 311 g/mol. The fourth-order valence-electron chi connectivity index (χ4n) is 1.83. The van der Waals surface area contributed by atoms with Crippen molar-refractivity contribution >= 4 is 34.8 Å². The molecule has 2 rings (SSSR count). The molecule has 1 amide bonds. The Kier molecular flexibility index (Phi) is 4.94. The van der Waals surface area contributed by atoms with Gasteiger partial charge < -0.3 is 15.8 Å². The van der Waals surface area contributed by atoms with Gasteiger partial charge in [-0.25, -0.2) is 0 Å². The highest BCUT2D eigenvalue weighted by molar-refractivity contribution is 6.33. The number of methoxy groups -OCH3 is 1. The smallest absolute Gasteiger partial charge is 0.248 e. The Morgan fingerprint density at radius 2 is 1.95 bits per heavy atom. The number of hydrogen-bond donors (Lipinski definition) is 2. The summed E-state index contributed by atoms with van der Waals surface area (Å²) in [4.78, 5) is 11.2. The number of carbonyl (C=O) groups is 1. The summed E-state index contributed by atoms with van der Waals surface area (Å²) in [5.74, 6) is 0.122. The van der Waals surface area contributed by atoms with Gasteiger partial charge in [0.25, 0.3) is 0 Å². The van der Waals surface area contributed by atoms with E-state index in [1.807, 2.05) is 6.07 Å². The molecule has 110 valence electrons. The molecule has 0 fully saturated rings. The molecule has 0 aliphatic heterocycles. The molecular formula is C15H14Cl2N2O2. The van der Waals surface area contributed by atoms with Crippen molar-refractivity contribution in [3.8, 4) is 5.75 Å². The molecule has 0 radical (unpaired) electrons. The van der Waals surface area contributed by atoms with Crippen molar-refractivity contribution in [1.82, 2.24) is 0 Å². The molecule has 0 heterocycles. The zero-order chi connectivity index (χ0) is 15.4. The zero-order valence-electron chi connectivity index (χ0n) is 11.3. The van der Waals surface area contributed by atoms with Crippen LogP contribution in [-0.4, -0.2) is 13.0 Å². The first-order valence-corrected chi connectivity index (χ1v) is 6.92. The average Bonchev–Trinajstić information content (AvgIpc) is 2.46. The third-order valence-electron chi connectivity index (χ3n) is 2.95. The molecule has 0 saturated heterocycles. The number of ether oxygens (including phenoxy) is 1. The van der Waals surface area contributed by atoms with Crippen LogP contribution in [0, 0.1) is 0 Å². The number of nitrogens with two attached hydrogens (primary N) is 1. The van der Waals surface area contributed by atoms with Gasteiger partial charge in [0.2, 0.25) is 5.91 Å². The van der Waals surface area contributed by atoms with Crippen LogP contribution >= 0.6 is 23.2 Å². The molecule has 2 aromatic rings. The van der Waals surface area contributed by atoms with Gasteiger partial charge in [-0.1, -0.05) is 29.3 Å². The summed E-state index contributed by atoms with van der Waals surface area (Å²) >= 11 is 12.2. The number of carbonyl (C=O) groups excluding carboxylic acids is 1. The maximum Gasteiger partial charge on any atom is 0.248 e. The highest BCUT2D eigenvalue weighted by Crippen LogP contribution is 2.27. The lowest BCUT2D eigenvalue weighted by Gasteiger charge is -2.11. The third-order valence-corrected chi connectivity index (χ3v) is 3.58. The van der Waals surface area contributed by atoms with Gasteiger partial charge in [-0.15, -0.1) is 0 Å². The predicted molar refractivity (Wildman–Crippen MR) is 85.3 cm³/mol. The summed E-state index contributed by atoms with van der Waals surface area (Å²) < 4.78 is 5.10. The first-order valence-electron chi connectivity index (χ1n) is 6.17. The van der Waals surface area contributed by atoms with Gasteiger partial charge >= 0.3 is 0 Å². The monoisotopic (exact) mass is 324 g/mol. The van der Waals surface area contributed by atoms with E-state index in [0.29, 0.717) is 33.6 Å². The van der Waals surface area contributed by atoms with Crippen molar-refractivity contribution in [1.29, 1.82) is 0 Å². The Bertz CT molecular complexity index is 675. The standard InChI is InChI=1S/C15H14Cl2N2O2/c1-21-14-5-2-9(6-12(14)17)8-19-13-7-10(15(18)20)3-4-11(13)16/h2-7,19H,8H2,1H3,(H2,18,20). The van der Waals surface area contributed by atoms with Crippen molar-refractivity contribution in [2.45, 2.75) is 6.54 Å². The molecule has 6 heteroatoms. The van der Waals surface area contributed by atoms with Crippen molar-refractivity contribution < 1.29 is 9.53 Å². The molecule has 0 bridgehead atoms. The molecule has 3 N–H and O–H groups in total. The Morgan fingerprint density at radius 1 is 1.19 bits per heavy atom. The first-order chi connectivity index (χ1) is 10.0. The minimum atomic E-state index is -0.498. The molecule has 0 aliphatic rings. The third kappa shape index (κ3) is 3.80. The zero-order valence-corrected chi connectivity index (χ0v) is 12.8. The van der Waals surface area contributed by atoms with Crippen LogP contribution in [-0.2, 0) is 6.54 Å². The topological polar surface area (TPSA) is 64.3 Å². The van der Waals surface area contributed by atoms with Gasteiger partial charge in [0, 0.05) is 12.1 Å². The quantitative estimate of drug-likeness (QED) is 0.881. The fraction of sp³-hybridized carbons (Fsp3) is 0.133. The van der Waals surface area contributed by atoms with E-state index in [4.69, 9.17) is 33.7 Å². The Hall–Kier alpha value is -1.91. The highest BCUT2D eigenvalue weighted by Gasteiger charge is 2.07. The molecule has 4 nitrogen and oxygen atoms in total. The number of anilines is 1. The van der Waals surface area contributed by atoms with E-state index >= 15 is 0 Å². The molecule has 2 aromatic carbocycles. The summed E-state index contributed by atoms with van der Waals surface area (Å²) in [6.45, 7) is 0.506. The Morgan fingerprint density at radius 3 is 2.57 bits per heavy atom. The van der Waals surface area contributed by atoms with Crippen LogP contribution in [0.2, 0.25) is 10.0 Å². The molecule has 0 aromatic heterocycles. The van der Waals surface area contributed by atoms with Crippen LogP contribution in [0.5, 0.6) is 5.75 Å². The van der Waals surface area contributed by atoms with Gasteiger partial charge in [-0.2, -0.15) is 0 Å². The number of primary amides is 1. The summed E-state index contributed by atoms with van der Waals surface area (Å²) in [6.07, 6.45) is 0. The van der Waals surface area contributed by atoms with Crippen molar-refractivity contribution in [3.63, 3.8) is 0 Å². The van der Waals surface area contributed by atoms with E-state index in [1.54, 1.807) is 37.4 Å².